The van der Waals surface area contributed by atoms with E-state index in [4.69, 9.17) is 28.6 Å². The fourth-order valence-corrected chi connectivity index (χ4v) is 4.30. The van der Waals surface area contributed by atoms with E-state index in [-0.39, 0.29) is 0 Å². The van der Waals surface area contributed by atoms with Crippen LogP contribution in [0.2, 0.25) is 5.02 Å². The van der Waals surface area contributed by atoms with Crippen LogP contribution in [-0.4, -0.2) is 35.7 Å². The first kappa shape index (κ1) is 19.3. The van der Waals surface area contributed by atoms with Crippen LogP contribution in [0.1, 0.15) is 42.5 Å². The number of thioether (sulfide) groups is 1. The second-order valence-corrected chi connectivity index (χ2v) is 7.92. The van der Waals surface area contributed by atoms with Crippen molar-refractivity contribution in [2.45, 2.75) is 37.4 Å². The Hall–Kier alpha value is -0.980. The standard InChI is InChI=1S/C17H23ClN2O2S2/c1-22-16(21)14-11-12(7-8-15(14)18)20-17(23)19-9-10-24-13-5-3-2-4-6-13/h7-8,11,13H,2-6,9-10H2,1H3,(H2,19,20,23). The highest BCUT2D eigenvalue weighted by atomic mass is 35.5. The summed E-state index contributed by atoms with van der Waals surface area (Å²) < 4.78 is 4.71. The zero-order valence-electron chi connectivity index (χ0n) is 13.8. The summed E-state index contributed by atoms with van der Waals surface area (Å²) in [4.78, 5) is 11.6. The van der Waals surface area contributed by atoms with Crippen molar-refractivity contribution < 1.29 is 9.53 Å². The molecule has 0 saturated heterocycles. The number of rotatable bonds is 6. The van der Waals surface area contributed by atoms with E-state index in [0.29, 0.717) is 21.4 Å². The van der Waals surface area contributed by atoms with Gasteiger partial charge >= 0.3 is 5.97 Å². The largest absolute Gasteiger partial charge is 0.465 e. The predicted octanol–water partition coefficient (Wildman–Crippen LogP) is 4.48. The molecule has 0 aromatic heterocycles. The molecule has 0 amide bonds. The molecule has 1 fully saturated rings. The van der Waals surface area contributed by atoms with Crippen LogP contribution in [0.3, 0.4) is 0 Å². The van der Waals surface area contributed by atoms with Crippen molar-refractivity contribution in [2.75, 3.05) is 24.7 Å². The fourth-order valence-electron chi connectivity index (χ4n) is 2.67. The van der Waals surface area contributed by atoms with Gasteiger partial charge in [-0.3, -0.25) is 0 Å². The lowest BCUT2D eigenvalue weighted by molar-refractivity contribution is 0.0601. The van der Waals surface area contributed by atoms with Gasteiger partial charge in [-0.05, 0) is 43.3 Å². The van der Waals surface area contributed by atoms with E-state index in [1.165, 1.54) is 39.2 Å². The van der Waals surface area contributed by atoms with E-state index in [1.54, 1.807) is 18.2 Å². The van der Waals surface area contributed by atoms with Crippen LogP contribution in [0.25, 0.3) is 0 Å². The molecule has 0 radical (unpaired) electrons. The number of thiocarbonyl (C=S) groups is 1. The summed E-state index contributed by atoms with van der Waals surface area (Å²) in [6.45, 7) is 0.824. The Kier molecular flexibility index (Phi) is 8.15. The molecule has 2 rings (SSSR count). The first-order chi connectivity index (χ1) is 11.6. The van der Waals surface area contributed by atoms with Crippen LogP contribution in [-0.2, 0) is 4.74 Å². The van der Waals surface area contributed by atoms with E-state index >= 15 is 0 Å². The maximum Gasteiger partial charge on any atom is 0.339 e. The van der Waals surface area contributed by atoms with Gasteiger partial charge in [0.15, 0.2) is 5.11 Å². The van der Waals surface area contributed by atoms with Crippen LogP contribution >= 0.6 is 35.6 Å². The Bertz CT molecular complexity index is 578. The van der Waals surface area contributed by atoms with Crippen LogP contribution < -0.4 is 10.6 Å². The topological polar surface area (TPSA) is 50.4 Å². The maximum atomic E-state index is 11.6. The zero-order chi connectivity index (χ0) is 17.4. The van der Waals surface area contributed by atoms with Crippen molar-refractivity contribution in [1.82, 2.24) is 5.32 Å². The quantitative estimate of drug-likeness (QED) is 0.427. The number of anilines is 1. The van der Waals surface area contributed by atoms with Gasteiger partial charge in [0.05, 0.1) is 17.7 Å². The van der Waals surface area contributed by atoms with Gasteiger partial charge in [0.1, 0.15) is 0 Å². The molecule has 0 bridgehead atoms. The molecule has 4 nitrogen and oxygen atoms in total. The monoisotopic (exact) mass is 386 g/mol. The molecule has 7 heteroatoms. The third-order valence-corrected chi connectivity index (χ3v) is 5.88. The number of nitrogens with one attached hydrogen (secondary N) is 2. The minimum Gasteiger partial charge on any atom is -0.465 e. The summed E-state index contributed by atoms with van der Waals surface area (Å²) in [5.74, 6) is 0.576. The number of esters is 1. The van der Waals surface area contributed by atoms with E-state index in [9.17, 15) is 4.79 Å². The lowest BCUT2D eigenvalue weighted by Gasteiger charge is -2.21. The van der Waals surface area contributed by atoms with Gasteiger partial charge < -0.3 is 15.4 Å². The molecule has 2 N–H and O–H groups in total. The molecule has 0 atom stereocenters. The van der Waals surface area contributed by atoms with E-state index in [2.05, 4.69) is 10.6 Å². The van der Waals surface area contributed by atoms with Crippen LogP contribution in [0.5, 0.6) is 0 Å². The Morgan fingerprint density at radius 3 is 2.83 bits per heavy atom. The number of carbonyl (C=O) groups is 1. The molecular weight excluding hydrogens is 364 g/mol. The normalized spacial score (nSPS) is 14.9. The average Bonchev–Trinajstić information content (AvgIpc) is 2.60. The zero-order valence-corrected chi connectivity index (χ0v) is 16.2. The van der Waals surface area contributed by atoms with Crippen LogP contribution in [0, 0.1) is 0 Å². The highest BCUT2D eigenvalue weighted by molar-refractivity contribution is 7.99. The van der Waals surface area contributed by atoms with Gasteiger partial charge in [0.25, 0.3) is 0 Å². The summed E-state index contributed by atoms with van der Waals surface area (Å²) in [5, 5.41) is 7.97. The van der Waals surface area contributed by atoms with Gasteiger partial charge in [-0.1, -0.05) is 30.9 Å². The Morgan fingerprint density at radius 2 is 2.12 bits per heavy atom. The fraction of sp³-hybridized carbons (Fsp3) is 0.529. The van der Waals surface area contributed by atoms with E-state index < -0.39 is 5.97 Å². The Morgan fingerprint density at radius 1 is 1.38 bits per heavy atom. The molecule has 24 heavy (non-hydrogen) atoms. The number of carbonyl (C=O) groups excluding carboxylic acids is 1. The molecule has 0 unspecified atom stereocenters. The van der Waals surface area contributed by atoms with Crippen molar-refractivity contribution in [2.24, 2.45) is 0 Å². The lowest BCUT2D eigenvalue weighted by Crippen LogP contribution is -2.30. The molecule has 1 saturated carbocycles. The summed E-state index contributed by atoms with van der Waals surface area (Å²) in [7, 11) is 1.33. The lowest BCUT2D eigenvalue weighted by atomic mass is 10.0. The number of methoxy groups -OCH3 is 1. The molecule has 1 aromatic rings. The molecule has 1 aliphatic carbocycles. The third kappa shape index (κ3) is 6.15. The molecule has 0 heterocycles. The summed E-state index contributed by atoms with van der Waals surface area (Å²) in [5.41, 5.74) is 1.03. The summed E-state index contributed by atoms with van der Waals surface area (Å²) >= 11 is 13.3. The third-order valence-electron chi connectivity index (χ3n) is 3.92. The minimum atomic E-state index is -0.466. The summed E-state index contributed by atoms with van der Waals surface area (Å²) in [6, 6.07) is 5.07. The van der Waals surface area contributed by atoms with Crippen molar-refractivity contribution >= 4 is 52.3 Å². The Labute approximate surface area is 158 Å². The number of hydrogen-bond donors (Lipinski definition) is 2. The number of hydrogen-bond acceptors (Lipinski definition) is 4. The van der Waals surface area contributed by atoms with Gasteiger partial charge in [-0.2, -0.15) is 11.8 Å². The molecule has 1 aliphatic rings. The van der Waals surface area contributed by atoms with Gasteiger partial charge in [-0.25, -0.2) is 4.79 Å². The smallest absolute Gasteiger partial charge is 0.339 e. The van der Waals surface area contributed by atoms with Crippen LogP contribution in [0.4, 0.5) is 5.69 Å². The van der Waals surface area contributed by atoms with Crippen molar-refractivity contribution in [3.05, 3.63) is 28.8 Å². The highest BCUT2D eigenvalue weighted by Crippen LogP contribution is 2.27. The second-order valence-electron chi connectivity index (χ2n) is 5.70. The van der Waals surface area contributed by atoms with Crippen molar-refractivity contribution in [3.8, 4) is 0 Å². The maximum absolute atomic E-state index is 11.6. The van der Waals surface area contributed by atoms with Gasteiger partial charge in [0.2, 0.25) is 0 Å². The van der Waals surface area contributed by atoms with E-state index in [1.807, 2.05) is 11.8 Å². The average molecular weight is 387 g/mol. The predicted molar refractivity (Wildman–Crippen MR) is 106 cm³/mol. The molecule has 1 aromatic carbocycles. The molecular formula is C17H23ClN2O2S2. The van der Waals surface area contributed by atoms with Crippen molar-refractivity contribution in [1.29, 1.82) is 0 Å². The van der Waals surface area contributed by atoms with Gasteiger partial charge in [0, 0.05) is 23.2 Å². The molecule has 0 aliphatic heterocycles. The second kappa shape index (κ2) is 10.1. The summed E-state index contributed by atoms with van der Waals surface area (Å²) in [6.07, 6.45) is 6.80. The highest BCUT2D eigenvalue weighted by Gasteiger charge is 2.14. The number of benzene rings is 1. The Balaban J connectivity index is 1.74. The molecule has 132 valence electrons. The van der Waals surface area contributed by atoms with Crippen LogP contribution in [0.15, 0.2) is 18.2 Å². The van der Waals surface area contributed by atoms with Crippen molar-refractivity contribution in [3.63, 3.8) is 0 Å². The van der Waals surface area contributed by atoms with Gasteiger partial charge in [-0.15, -0.1) is 0 Å². The minimum absolute atomic E-state index is 0.319. The first-order valence-corrected chi connectivity index (χ1v) is 9.98. The number of halogens is 1. The van der Waals surface area contributed by atoms with E-state index in [0.717, 1.165) is 17.5 Å². The first-order valence-electron chi connectivity index (χ1n) is 8.14. The number of ether oxygens (including phenoxy) is 1. The SMILES string of the molecule is COC(=O)c1cc(NC(=S)NCCSC2CCCCC2)ccc1Cl. The molecule has 0 spiro atoms.